The van der Waals surface area contributed by atoms with E-state index in [1.165, 1.54) is 10.9 Å². The number of H-pyrrole nitrogens is 2. The van der Waals surface area contributed by atoms with E-state index in [1.54, 1.807) is 6.07 Å². The third-order valence-corrected chi connectivity index (χ3v) is 5.93. The molecule has 0 saturated carbocycles. The van der Waals surface area contributed by atoms with Crippen molar-refractivity contribution >= 4 is 27.7 Å². The molecule has 0 bridgehead atoms. The van der Waals surface area contributed by atoms with Crippen molar-refractivity contribution in [3.63, 3.8) is 0 Å². The number of carbonyl (C=O) groups excluding carboxylic acids is 1. The van der Waals surface area contributed by atoms with Gasteiger partial charge in [0.25, 0.3) is 5.56 Å². The molecule has 2 heterocycles. The fourth-order valence-electron chi connectivity index (χ4n) is 4.50. The normalized spacial score (nSPS) is 15.9. The van der Waals surface area contributed by atoms with E-state index in [4.69, 9.17) is 0 Å². The molecule has 1 amide bonds. The number of benzene rings is 2. The number of nitrogens with one attached hydrogen (secondary N) is 3. The molecular formula is C24H24N4O2. The Hall–Kier alpha value is -3.41. The van der Waals surface area contributed by atoms with E-state index in [-0.39, 0.29) is 17.5 Å². The van der Waals surface area contributed by atoms with E-state index in [0.717, 1.165) is 30.5 Å². The van der Waals surface area contributed by atoms with Gasteiger partial charge in [0.15, 0.2) is 0 Å². The Bertz CT molecular complexity index is 1290. The van der Waals surface area contributed by atoms with Gasteiger partial charge in [0.05, 0.1) is 16.9 Å². The lowest BCUT2D eigenvalue weighted by molar-refractivity contribution is -0.122. The molecule has 30 heavy (non-hydrogen) atoms. The fraction of sp³-hybridized carbons (Fsp3) is 0.292. The lowest BCUT2D eigenvalue weighted by Gasteiger charge is -2.24. The van der Waals surface area contributed by atoms with Gasteiger partial charge >= 0.3 is 0 Å². The number of carbonyl (C=O) groups is 1. The Morgan fingerprint density at radius 1 is 1.07 bits per heavy atom. The van der Waals surface area contributed by atoms with Crippen LogP contribution in [0.3, 0.4) is 0 Å². The molecule has 6 heteroatoms. The maximum atomic E-state index is 12.6. The Morgan fingerprint density at radius 3 is 2.77 bits per heavy atom. The van der Waals surface area contributed by atoms with Gasteiger partial charge in [-0.15, -0.1) is 0 Å². The Labute approximate surface area is 173 Å². The van der Waals surface area contributed by atoms with E-state index in [9.17, 15) is 9.59 Å². The molecule has 1 aliphatic rings. The van der Waals surface area contributed by atoms with Gasteiger partial charge in [0.2, 0.25) is 5.91 Å². The number of hydrogen-bond acceptors (Lipinski definition) is 3. The Morgan fingerprint density at radius 2 is 1.87 bits per heavy atom. The summed E-state index contributed by atoms with van der Waals surface area (Å²) in [4.78, 5) is 35.6. The maximum Gasteiger partial charge on any atom is 0.258 e. The first-order chi connectivity index (χ1) is 14.7. The molecule has 0 radical (unpaired) electrons. The Balaban J connectivity index is 1.23. The van der Waals surface area contributed by atoms with Gasteiger partial charge in [-0.1, -0.05) is 30.3 Å². The van der Waals surface area contributed by atoms with E-state index in [0.29, 0.717) is 36.0 Å². The van der Waals surface area contributed by atoms with Gasteiger partial charge in [0, 0.05) is 29.4 Å². The average molecular weight is 400 g/mol. The number of hydrogen-bond donors (Lipinski definition) is 3. The van der Waals surface area contributed by atoms with Crippen LogP contribution in [0.4, 0.5) is 0 Å². The van der Waals surface area contributed by atoms with Crippen LogP contribution in [0.5, 0.6) is 0 Å². The maximum absolute atomic E-state index is 12.6. The zero-order valence-electron chi connectivity index (χ0n) is 16.7. The highest BCUT2D eigenvalue weighted by Gasteiger charge is 2.25. The van der Waals surface area contributed by atoms with E-state index < -0.39 is 0 Å². The summed E-state index contributed by atoms with van der Waals surface area (Å²) in [6.45, 7) is 0. The topological polar surface area (TPSA) is 90.6 Å². The van der Waals surface area contributed by atoms with Crippen molar-refractivity contribution < 1.29 is 4.79 Å². The molecule has 0 saturated heterocycles. The highest BCUT2D eigenvalue weighted by molar-refractivity contribution is 5.85. The van der Waals surface area contributed by atoms with Crippen molar-refractivity contribution in [3.8, 4) is 0 Å². The van der Waals surface area contributed by atoms with Crippen LogP contribution in [0, 0.1) is 0 Å². The molecule has 1 atom stereocenters. The predicted molar refractivity (Wildman–Crippen MR) is 117 cm³/mol. The predicted octanol–water partition coefficient (Wildman–Crippen LogP) is 3.92. The first kappa shape index (κ1) is 18.6. The van der Waals surface area contributed by atoms with Crippen molar-refractivity contribution in [2.45, 2.75) is 44.6 Å². The number of rotatable bonds is 5. The molecule has 3 N–H and O–H groups in total. The second-order valence-electron chi connectivity index (χ2n) is 7.96. The van der Waals surface area contributed by atoms with E-state index in [2.05, 4.69) is 38.5 Å². The minimum absolute atomic E-state index is 0.0345. The summed E-state index contributed by atoms with van der Waals surface area (Å²) in [6.07, 6.45) is 4.68. The molecule has 2 aromatic heterocycles. The minimum atomic E-state index is -0.131. The van der Waals surface area contributed by atoms with Crippen LogP contribution in [0.25, 0.3) is 21.8 Å². The van der Waals surface area contributed by atoms with Gasteiger partial charge in [0.1, 0.15) is 5.82 Å². The van der Waals surface area contributed by atoms with E-state index in [1.807, 2.05) is 24.3 Å². The van der Waals surface area contributed by atoms with Gasteiger partial charge < -0.3 is 15.3 Å². The van der Waals surface area contributed by atoms with Gasteiger partial charge in [-0.25, -0.2) is 4.98 Å². The molecule has 0 spiro atoms. The summed E-state index contributed by atoms with van der Waals surface area (Å²) in [5.74, 6) is 0.664. The molecule has 0 unspecified atom stereocenters. The summed E-state index contributed by atoms with van der Waals surface area (Å²) in [6, 6.07) is 15.7. The number of aryl methyl sites for hydroxylation is 2. The van der Waals surface area contributed by atoms with Crippen molar-refractivity contribution in [1.29, 1.82) is 0 Å². The molecule has 2 aromatic carbocycles. The number of aromatic nitrogens is 3. The third-order valence-electron chi connectivity index (χ3n) is 5.93. The van der Waals surface area contributed by atoms with Crippen LogP contribution >= 0.6 is 0 Å². The number of aromatic amines is 2. The molecule has 0 fully saturated rings. The summed E-state index contributed by atoms with van der Waals surface area (Å²) in [7, 11) is 0. The fourth-order valence-corrected chi connectivity index (χ4v) is 4.50. The summed E-state index contributed by atoms with van der Waals surface area (Å²) < 4.78 is 0. The molecule has 4 aromatic rings. The van der Waals surface area contributed by atoms with Gasteiger partial charge in [-0.3, -0.25) is 9.59 Å². The molecule has 5 rings (SSSR count). The first-order valence-electron chi connectivity index (χ1n) is 10.6. The number of para-hydroxylation sites is 2. The molecule has 0 aliphatic heterocycles. The highest BCUT2D eigenvalue weighted by Crippen LogP contribution is 2.34. The zero-order chi connectivity index (χ0) is 20.5. The first-order valence-corrected chi connectivity index (χ1v) is 10.6. The molecule has 1 aliphatic carbocycles. The molecule has 152 valence electrons. The smallest absolute Gasteiger partial charge is 0.258 e. The van der Waals surface area contributed by atoms with Crippen LogP contribution < -0.4 is 10.9 Å². The molecular weight excluding hydrogens is 376 g/mol. The number of fused-ring (bicyclic) bond motifs is 4. The second kappa shape index (κ2) is 7.78. The third kappa shape index (κ3) is 3.49. The van der Waals surface area contributed by atoms with Crippen LogP contribution in [0.15, 0.2) is 53.3 Å². The summed E-state index contributed by atoms with van der Waals surface area (Å²) in [5, 5.41) is 5.05. The van der Waals surface area contributed by atoms with Crippen LogP contribution in [-0.2, 0) is 17.6 Å². The lowest BCUT2D eigenvalue weighted by Crippen LogP contribution is -2.31. The number of nitrogens with zero attached hydrogens (tertiary/aromatic N) is 1. The van der Waals surface area contributed by atoms with Gasteiger partial charge in [-0.2, -0.15) is 0 Å². The van der Waals surface area contributed by atoms with Crippen LogP contribution in [0.2, 0.25) is 0 Å². The SMILES string of the molecule is O=C(CCCc1nc2ccccc2c(=O)[nH]1)N[C@H]1CCCc2c1[nH]c1ccccc21. The van der Waals surface area contributed by atoms with Crippen LogP contribution in [0.1, 0.15) is 48.8 Å². The van der Waals surface area contributed by atoms with Crippen molar-refractivity contribution in [1.82, 2.24) is 20.3 Å². The molecule has 6 nitrogen and oxygen atoms in total. The quantitative estimate of drug-likeness (QED) is 0.474. The lowest BCUT2D eigenvalue weighted by atomic mass is 9.91. The standard InChI is InChI=1S/C24H24N4O2/c29-22(14-6-13-21-25-19-11-4-2-8-17(19)24(30)28-21)26-20-12-5-9-16-15-7-1-3-10-18(15)27-23(16)20/h1-4,7-8,10-11,20,27H,5-6,9,12-14H2,(H,26,29)(H,25,28,30)/t20-/m0/s1. The summed E-state index contributed by atoms with van der Waals surface area (Å²) >= 11 is 0. The monoisotopic (exact) mass is 400 g/mol. The summed E-state index contributed by atoms with van der Waals surface area (Å²) in [5.41, 5.74) is 4.18. The second-order valence-corrected chi connectivity index (χ2v) is 7.96. The highest BCUT2D eigenvalue weighted by atomic mass is 16.1. The Kier molecular flexibility index (Phi) is 4.83. The minimum Gasteiger partial charge on any atom is -0.356 e. The van der Waals surface area contributed by atoms with E-state index >= 15 is 0 Å². The van der Waals surface area contributed by atoms with Crippen LogP contribution in [-0.4, -0.2) is 20.9 Å². The number of amides is 1. The zero-order valence-corrected chi connectivity index (χ0v) is 16.7. The van der Waals surface area contributed by atoms with Crippen molar-refractivity contribution in [2.24, 2.45) is 0 Å². The van der Waals surface area contributed by atoms with Crippen molar-refractivity contribution in [3.05, 3.63) is 76.0 Å². The largest absolute Gasteiger partial charge is 0.356 e. The van der Waals surface area contributed by atoms with Gasteiger partial charge in [-0.05, 0) is 49.4 Å². The average Bonchev–Trinajstić information content (AvgIpc) is 3.14. The van der Waals surface area contributed by atoms with Crippen molar-refractivity contribution in [2.75, 3.05) is 0 Å².